The van der Waals surface area contributed by atoms with Crippen molar-refractivity contribution < 1.29 is 13.2 Å². The molecule has 2 aromatic carbocycles. The molecule has 4 rings (SSSR count). The summed E-state index contributed by atoms with van der Waals surface area (Å²) < 4.78 is 25.9. The Bertz CT molecular complexity index is 834. The minimum Gasteiger partial charge on any atom is -0.345 e. The molecule has 1 heterocycles. The highest BCUT2D eigenvalue weighted by Gasteiger charge is 2.47. The number of carbonyl (C=O) groups excluding carboxylic acids is 1. The van der Waals surface area contributed by atoms with E-state index in [4.69, 9.17) is 0 Å². The van der Waals surface area contributed by atoms with E-state index in [-0.39, 0.29) is 23.1 Å². The van der Waals surface area contributed by atoms with E-state index in [9.17, 15) is 13.2 Å². The summed E-state index contributed by atoms with van der Waals surface area (Å²) in [6.45, 7) is 0.585. The van der Waals surface area contributed by atoms with E-state index in [1.165, 1.54) is 4.31 Å². The molecule has 6 heteroatoms. The van der Waals surface area contributed by atoms with Crippen LogP contribution in [0.15, 0.2) is 60.7 Å². The Morgan fingerprint density at radius 3 is 1.88 bits per heavy atom. The normalized spacial score (nSPS) is 18.5. The third-order valence-corrected chi connectivity index (χ3v) is 7.41. The van der Waals surface area contributed by atoms with Gasteiger partial charge in [-0.2, -0.15) is 4.31 Å². The minimum absolute atomic E-state index is 0.0926. The van der Waals surface area contributed by atoms with Gasteiger partial charge in [0.15, 0.2) is 0 Å². The van der Waals surface area contributed by atoms with Crippen molar-refractivity contribution in [1.82, 2.24) is 9.62 Å². The summed E-state index contributed by atoms with van der Waals surface area (Å²) in [5.74, 6) is -0.372. The molecule has 5 nitrogen and oxygen atoms in total. The average Bonchev–Trinajstić information content (AvgIpc) is 3.45. The molecule has 1 aliphatic carbocycles. The molecule has 1 N–H and O–H groups in total. The van der Waals surface area contributed by atoms with Crippen molar-refractivity contribution in [2.75, 3.05) is 13.1 Å². The molecule has 0 unspecified atom stereocenters. The standard InChI is InChI=1S/C20H22N2O3S/c23-20(17-13-22(14-17)26(24,25)18-11-12-18)21-19(15-7-3-1-4-8-15)16-9-5-2-6-10-16/h1-10,17-19H,11-14H2,(H,21,23). The van der Waals surface area contributed by atoms with Gasteiger partial charge in [0.05, 0.1) is 17.2 Å². The molecule has 136 valence electrons. The number of amides is 1. The second-order valence-electron chi connectivity index (χ2n) is 7.02. The van der Waals surface area contributed by atoms with E-state index in [2.05, 4.69) is 5.32 Å². The van der Waals surface area contributed by atoms with E-state index >= 15 is 0 Å². The van der Waals surface area contributed by atoms with Gasteiger partial charge in [-0.1, -0.05) is 60.7 Å². The van der Waals surface area contributed by atoms with Crippen LogP contribution in [0.4, 0.5) is 0 Å². The van der Waals surface area contributed by atoms with Gasteiger partial charge in [0.1, 0.15) is 0 Å². The fourth-order valence-corrected chi connectivity index (χ4v) is 5.23. The van der Waals surface area contributed by atoms with Gasteiger partial charge in [-0.05, 0) is 24.0 Å². The zero-order chi connectivity index (χ0) is 18.1. The first kappa shape index (κ1) is 17.2. The lowest BCUT2D eigenvalue weighted by molar-refractivity contribution is -0.128. The molecule has 2 fully saturated rings. The van der Waals surface area contributed by atoms with Crippen molar-refractivity contribution in [2.24, 2.45) is 5.92 Å². The van der Waals surface area contributed by atoms with Crippen molar-refractivity contribution in [3.63, 3.8) is 0 Å². The van der Waals surface area contributed by atoms with Gasteiger partial charge >= 0.3 is 0 Å². The second kappa shape index (κ2) is 6.85. The van der Waals surface area contributed by atoms with Gasteiger partial charge in [0, 0.05) is 13.1 Å². The monoisotopic (exact) mass is 370 g/mol. The highest BCUT2D eigenvalue weighted by Crippen LogP contribution is 2.34. The van der Waals surface area contributed by atoms with Crippen LogP contribution in [-0.2, 0) is 14.8 Å². The van der Waals surface area contributed by atoms with E-state index in [0.717, 1.165) is 24.0 Å². The third-order valence-electron chi connectivity index (χ3n) is 5.08. The van der Waals surface area contributed by atoms with Crippen LogP contribution in [0.2, 0.25) is 0 Å². The Balaban J connectivity index is 1.46. The third kappa shape index (κ3) is 3.39. The Kier molecular flexibility index (Phi) is 4.54. The van der Waals surface area contributed by atoms with Gasteiger partial charge < -0.3 is 5.32 Å². The Morgan fingerprint density at radius 1 is 0.923 bits per heavy atom. The first-order valence-electron chi connectivity index (χ1n) is 8.95. The van der Waals surface area contributed by atoms with Crippen LogP contribution in [0.3, 0.4) is 0 Å². The Hall–Kier alpha value is -2.18. The average molecular weight is 370 g/mol. The van der Waals surface area contributed by atoms with Crippen LogP contribution in [0.25, 0.3) is 0 Å². The molecular formula is C20H22N2O3S. The van der Waals surface area contributed by atoms with Crippen LogP contribution >= 0.6 is 0 Å². The summed E-state index contributed by atoms with van der Waals surface area (Å²) in [5, 5.41) is 2.89. The summed E-state index contributed by atoms with van der Waals surface area (Å²) >= 11 is 0. The van der Waals surface area contributed by atoms with Crippen molar-refractivity contribution >= 4 is 15.9 Å². The van der Waals surface area contributed by atoms with Crippen LogP contribution < -0.4 is 5.32 Å². The van der Waals surface area contributed by atoms with E-state index < -0.39 is 10.0 Å². The van der Waals surface area contributed by atoms with Gasteiger partial charge in [-0.15, -0.1) is 0 Å². The van der Waals surface area contributed by atoms with Gasteiger partial charge in [0.2, 0.25) is 15.9 Å². The number of benzene rings is 2. The van der Waals surface area contributed by atoms with Crippen LogP contribution in [0.1, 0.15) is 30.0 Å². The Labute approximate surface area is 154 Å². The fourth-order valence-electron chi connectivity index (χ4n) is 3.30. The molecule has 1 aliphatic heterocycles. The van der Waals surface area contributed by atoms with E-state index in [1.54, 1.807) is 0 Å². The summed E-state index contributed by atoms with van der Waals surface area (Å²) in [5.41, 5.74) is 2.02. The smallest absolute Gasteiger partial charge is 0.226 e. The number of hydrogen-bond donors (Lipinski definition) is 1. The van der Waals surface area contributed by atoms with Crippen molar-refractivity contribution in [1.29, 1.82) is 0 Å². The van der Waals surface area contributed by atoms with Crippen molar-refractivity contribution in [3.8, 4) is 0 Å². The number of nitrogens with zero attached hydrogens (tertiary/aromatic N) is 1. The lowest BCUT2D eigenvalue weighted by Gasteiger charge is -2.38. The molecule has 0 bridgehead atoms. The second-order valence-corrected chi connectivity index (χ2v) is 9.23. The number of hydrogen-bond acceptors (Lipinski definition) is 3. The van der Waals surface area contributed by atoms with Crippen LogP contribution in [0, 0.1) is 5.92 Å². The highest BCUT2D eigenvalue weighted by molar-refractivity contribution is 7.90. The van der Waals surface area contributed by atoms with Crippen molar-refractivity contribution in [3.05, 3.63) is 71.8 Å². The topological polar surface area (TPSA) is 66.5 Å². The number of nitrogens with one attached hydrogen (secondary N) is 1. The molecule has 1 saturated heterocycles. The predicted octanol–water partition coefficient (Wildman–Crippen LogP) is 2.32. The maximum atomic E-state index is 12.7. The van der Waals surface area contributed by atoms with E-state index in [1.807, 2.05) is 60.7 Å². The van der Waals surface area contributed by atoms with E-state index in [0.29, 0.717) is 13.1 Å². The predicted molar refractivity (Wildman–Crippen MR) is 99.9 cm³/mol. The fraction of sp³-hybridized carbons (Fsp3) is 0.350. The number of rotatable bonds is 6. The van der Waals surface area contributed by atoms with Crippen LogP contribution in [0.5, 0.6) is 0 Å². The zero-order valence-electron chi connectivity index (χ0n) is 14.4. The van der Waals surface area contributed by atoms with Crippen molar-refractivity contribution in [2.45, 2.75) is 24.1 Å². The lowest BCUT2D eigenvalue weighted by Crippen LogP contribution is -2.56. The number of carbonyl (C=O) groups is 1. The molecule has 26 heavy (non-hydrogen) atoms. The molecule has 1 saturated carbocycles. The lowest BCUT2D eigenvalue weighted by atomic mass is 9.96. The SMILES string of the molecule is O=C(NC(c1ccccc1)c1ccccc1)C1CN(S(=O)(=O)C2CC2)C1. The van der Waals surface area contributed by atoms with Gasteiger partial charge in [0.25, 0.3) is 0 Å². The molecule has 0 spiro atoms. The van der Waals surface area contributed by atoms with Gasteiger partial charge in [-0.25, -0.2) is 8.42 Å². The summed E-state index contributed by atoms with van der Waals surface area (Å²) in [6, 6.07) is 19.4. The zero-order valence-corrected chi connectivity index (χ0v) is 15.2. The highest BCUT2D eigenvalue weighted by atomic mass is 32.2. The molecular weight excluding hydrogens is 348 g/mol. The molecule has 0 aromatic heterocycles. The summed E-state index contributed by atoms with van der Waals surface area (Å²) in [6.07, 6.45) is 1.50. The summed E-state index contributed by atoms with van der Waals surface area (Å²) in [7, 11) is -3.17. The number of sulfonamides is 1. The Morgan fingerprint density at radius 2 is 1.42 bits per heavy atom. The largest absolute Gasteiger partial charge is 0.345 e. The quantitative estimate of drug-likeness (QED) is 0.849. The first-order valence-corrected chi connectivity index (χ1v) is 10.5. The summed E-state index contributed by atoms with van der Waals surface area (Å²) in [4.78, 5) is 12.7. The van der Waals surface area contributed by atoms with Gasteiger partial charge in [-0.3, -0.25) is 4.79 Å². The first-order chi connectivity index (χ1) is 12.6. The molecule has 1 amide bonds. The maximum absolute atomic E-state index is 12.7. The molecule has 0 atom stereocenters. The molecule has 0 radical (unpaired) electrons. The molecule has 2 aromatic rings. The van der Waals surface area contributed by atoms with Crippen LogP contribution in [-0.4, -0.2) is 37.0 Å². The minimum atomic E-state index is -3.17. The maximum Gasteiger partial charge on any atom is 0.226 e. The molecule has 2 aliphatic rings.